The van der Waals surface area contributed by atoms with Crippen LogP contribution in [0.15, 0.2) is 30.0 Å². The number of hydrogen-bond acceptors (Lipinski definition) is 6. The molecule has 2 heterocycles. The van der Waals surface area contributed by atoms with Crippen LogP contribution in [0, 0.1) is 0 Å². The van der Waals surface area contributed by atoms with Gasteiger partial charge in [-0.25, -0.2) is 0 Å². The fourth-order valence-corrected chi connectivity index (χ4v) is 3.91. The van der Waals surface area contributed by atoms with Crippen LogP contribution in [-0.2, 0) is 19.1 Å². The fraction of sp³-hybridized carbons (Fsp3) is 0.522. The summed E-state index contributed by atoms with van der Waals surface area (Å²) < 4.78 is 5.58. The normalized spacial score (nSPS) is 17.8. The maximum Gasteiger partial charge on any atom is 0.277 e. The largest absolute Gasteiger partial charge is 0.377 e. The molecule has 8 heteroatoms. The third-order valence-corrected chi connectivity index (χ3v) is 5.54. The minimum absolute atomic E-state index is 0.0307. The molecule has 1 aromatic rings. The standard InChI is InChI=1S/C23H32N4O4/c1-5-25-10-12-26(13-11-25)21-20(18-6-8-19(9-7-18)24-17(4)28)22(29)27(23(21)30)14-15-31-16(2)3/h6-9,16H,5,10-15H2,1-4H3,(H,24,28). The molecule has 168 valence electrons. The lowest BCUT2D eigenvalue weighted by Gasteiger charge is -2.36. The van der Waals surface area contributed by atoms with Crippen LogP contribution in [0.3, 0.4) is 0 Å². The number of carbonyl (C=O) groups excluding carboxylic acids is 3. The molecular formula is C23H32N4O4. The zero-order chi connectivity index (χ0) is 22.5. The van der Waals surface area contributed by atoms with Gasteiger partial charge in [0.1, 0.15) is 5.70 Å². The molecule has 0 unspecified atom stereocenters. The van der Waals surface area contributed by atoms with Gasteiger partial charge in [-0.2, -0.15) is 0 Å². The lowest BCUT2D eigenvalue weighted by Crippen LogP contribution is -2.47. The van der Waals surface area contributed by atoms with Gasteiger partial charge in [-0.1, -0.05) is 19.1 Å². The van der Waals surface area contributed by atoms with Crippen molar-refractivity contribution in [3.05, 3.63) is 35.5 Å². The highest BCUT2D eigenvalue weighted by atomic mass is 16.5. The third kappa shape index (κ3) is 5.32. The zero-order valence-corrected chi connectivity index (χ0v) is 18.8. The van der Waals surface area contributed by atoms with Crippen molar-refractivity contribution >= 4 is 29.0 Å². The molecule has 0 spiro atoms. The van der Waals surface area contributed by atoms with E-state index in [4.69, 9.17) is 4.74 Å². The predicted octanol–water partition coefficient (Wildman–Crippen LogP) is 1.79. The molecule has 1 fully saturated rings. The zero-order valence-electron chi connectivity index (χ0n) is 18.8. The first-order valence-corrected chi connectivity index (χ1v) is 10.9. The van der Waals surface area contributed by atoms with Crippen LogP contribution in [0.1, 0.15) is 33.3 Å². The van der Waals surface area contributed by atoms with Crippen LogP contribution in [0.5, 0.6) is 0 Å². The van der Waals surface area contributed by atoms with Crippen molar-refractivity contribution in [2.24, 2.45) is 0 Å². The van der Waals surface area contributed by atoms with Crippen LogP contribution in [0.25, 0.3) is 5.57 Å². The summed E-state index contributed by atoms with van der Waals surface area (Å²) in [7, 11) is 0. The number of anilines is 1. The van der Waals surface area contributed by atoms with E-state index in [1.807, 2.05) is 18.7 Å². The average molecular weight is 429 g/mol. The van der Waals surface area contributed by atoms with E-state index >= 15 is 0 Å². The number of amides is 3. The van der Waals surface area contributed by atoms with Crippen LogP contribution in [-0.4, -0.2) is 84.4 Å². The van der Waals surface area contributed by atoms with Crippen LogP contribution < -0.4 is 5.32 Å². The van der Waals surface area contributed by atoms with Crippen LogP contribution in [0.4, 0.5) is 5.69 Å². The number of nitrogens with one attached hydrogen (secondary N) is 1. The maximum absolute atomic E-state index is 13.3. The van der Waals surface area contributed by atoms with Gasteiger partial charge in [-0.3, -0.25) is 19.3 Å². The van der Waals surface area contributed by atoms with E-state index in [2.05, 4.69) is 17.1 Å². The summed E-state index contributed by atoms with van der Waals surface area (Å²) in [4.78, 5) is 43.6. The van der Waals surface area contributed by atoms with E-state index in [0.29, 0.717) is 42.2 Å². The number of benzene rings is 1. The highest BCUT2D eigenvalue weighted by molar-refractivity contribution is 6.35. The molecule has 8 nitrogen and oxygen atoms in total. The minimum atomic E-state index is -0.294. The van der Waals surface area contributed by atoms with Crippen LogP contribution >= 0.6 is 0 Å². The smallest absolute Gasteiger partial charge is 0.277 e. The molecule has 0 saturated carbocycles. The second kappa shape index (κ2) is 10.1. The Hall–Kier alpha value is -2.71. The van der Waals surface area contributed by atoms with Crippen molar-refractivity contribution in [2.45, 2.75) is 33.8 Å². The second-order valence-corrected chi connectivity index (χ2v) is 8.08. The highest BCUT2D eigenvalue weighted by Gasteiger charge is 2.41. The van der Waals surface area contributed by atoms with Gasteiger partial charge < -0.3 is 19.9 Å². The van der Waals surface area contributed by atoms with E-state index in [-0.39, 0.29) is 30.4 Å². The van der Waals surface area contributed by atoms with Gasteiger partial charge in [0.2, 0.25) is 5.91 Å². The van der Waals surface area contributed by atoms with E-state index in [1.165, 1.54) is 11.8 Å². The summed E-state index contributed by atoms with van der Waals surface area (Å²) in [5.74, 6) is -0.717. The van der Waals surface area contributed by atoms with Gasteiger partial charge in [-0.15, -0.1) is 0 Å². The molecule has 0 aromatic heterocycles. The lowest BCUT2D eigenvalue weighted by molar-refractivity contribution is -0.138. The van der Waals surface area contributed by atoms with Gasteiger partial charge >= 0.3 is 0 Å². The molecular weight excluding hydrogens is 396 g/mol. The number of imide groups is 1. The molecule has 2 aliphatic rings. The van der Waals surface area contributed by atoms with Crippen LogP contribution in [0.2, 0.25) is 0 Å². The van der Waals surface area contributed by atoms with Gasteiger partial charge in [0.05, 0.1) is 24.8 Å². The summed E-state index contributed by atoms with van der Waals surface area (Å²) >= 11 is 0. The average Bonchev–Trinajstić information content (AvgIpc) is 2.98. The fourth-order valence-electron chi connectivity index (χ4n) is 3.91. The van der Waals surface area contributed by atoms with Gasteiger partial charge in [-0.05, 0) is 38.1 Å². The molecule has 2 aliphatic heterocycles. The topological polar surface area (TPSA) is 82.2 Å². The Bertz CT molecular complexity index is 855. The Kier molecular flexibility index (Phi) is 7.46. The Morgan fingerprint density at radius 3 is 2.26 bits per heavy atom. The van der Waals surface area contributed by atoms with E-state index in [1.54, 1.807) is 24.3 Å². The maximum atomic E-state index is 13.3. The Morgan fingerprint density at radius 1 is 1.06 bits per heavy atom. The lowest BCUT2D eigenvalue weighted by atomic mass is 10.0. The van der Waals surface area contributed by atoms with E-state index in [0.717, 1.165) is 19.6 Å². The number of piperazine rings is 1. The number of ether oxygens (including phenoxy) is 1. The molecule has 31 heavy (non-hydrogen) atoms. The molecule has 0 atom stereocenters. The SMILES string of the molecule is CCN1CCN(C2=C(c3ccc(NC(C)=O)cc3)C(=O)N(CCOC(C)C)C2=O)CC1. The Morgan fingerprint density at radius 2 is 1.71 bits per heavy atom. The van der Waals surface area contributed by atoms with Crippen molar-refractivity contribution in [1.29, 1.82) is 0 Å². The number of carbonyl (C=O) groups is 3. The molecule has 0 bridgehead atoms. The summed E-state index contributed by atoms with van der Waals surface area (Å²) in [5.41, 5.74) is 2.22. The van der Waals surface area contributed by atoms with E-state index < -0.39 is 0 Å². The molecule has 0 radical (unpaired) electrons. The first kappa shape index (κ1) is 23.0. The number of nitrogens with zero attached hydrogens (tertiary/aromatic N) is 3. The van der Waals surface area contributed by atoms with Crippen molar-refractivity contribution in [3.8, 4) is 0 Å². The predicted molar refractivity (Wildman–Crippen MR) is 119 cm³/mol. The third-order valence-electron chi connectivity index (χ3n) is 5.54. The van der Waals surface area contributed by atoms with Gasteiger partial charge in [0, 0.05) is 38.8 Å². The van der Waals surface area contributed by atoms with Gasteiger partial charge in [0.15, 0.2) is 0 Å². The van der Waals surface area contributed by atoms with Crippen molar-refractivity contribution in [1.82, 2.24) is 14.7 Å². The summed E-state index contributed by atoms with van der Waals surface area (Å²) in [6.07, 6.45) is 0.0307. The molecule has 3 rings (SSSR count). The Balaban J connectivity index is 1.90. The quantitative estimate of drug-likeness (QED) is 0.636. The molecule has 1 saturated heterocycles. The van der Waals surface area contributed by atoms with Gasteiger partial charge in [0.25, 0.3) is 11.8 Å². The van der Waals surface area contributed by atoms with Crippen molar-refractivity contribution < 1.29 is 19.1 Å². The highest BCUT2D eigenvalue weighted by Crippen LogP contribution is 2.32. The van der Waals surface area contributed by atoms with Crippen molar-refractivity contribution in [3.63, 3.8) is 0 Å². The first-order valence-electron chi connectivity index (χ1n) is 10.9. The number of likely N-dealkylation sites (N-methyl/N-ethyl adjacent to an activating group) is 1. The molecule has 3 amide bonds. The monoisotopic (exact) mass is 428 g/mol. The number of hydrogen-bond donors (Lipinski definition) is 1. The molecule has 1 N–H and O–H groups in total. The van der Waals surface area contributed by atoms with Crippen molar-refractivity contribution in [2.75, 3.05) is 51.2 Å². The second-order valence-electron chi connectivity index (χ2n) is 8.08. The summed E-state index contributed by atoms with van der Waals surface area (Å²) in [6, 6.07) is 7.06. The minimum Gasteiger partial charge on any atom is -0.377 e. The molecule has 0 aliphatic carbocycles. The summed E-state index contributed by atoms with van der Waals surface area (Å²) in [6.45, 7) is 12.0. The van der Waals surface area contributed by atoms with E-state index in [9.17, 15) is 14.4 Å². The summed E-state index contributed by atoms with van der Waals surface area (Å²) in [5, 5.41) is 2.73. The Labute approximate surface area is 183 Å². The molecule has 1 aromatic carbocycles. The number of rotatable bonds is 8. The first-order chi connectivity index (χ1) is 14.8.